The molecular weight excluding hydrogens is 212 g/mol. The van der Waals surface area contributed by atoms with E-state index in [2.05, 4.69) is 0 Å². The molecule has 3 heteroatoms. The Morgan fingerprint density at radius 1 is 1.29 bits per heavy atom. The molecule has 0 saturated heterocycles. The molecule has 17 heavy (non-hydrogen) atoms. The number of benzene rings is 1. The van der Waals surface area contributed by atoms with Crippen molar-refractivity contribution in [3.05, 3.63) is 35.4 Å². The first-order chi connectivity index (χ1) is 8.10. The summed E-state index contributed by atoms with van der Waals surface area (Å²) in [5.74, 6) is 0.0989. The monoisotopic (exact) mass is 234 g/mol. The number of rotatable bonds is 5. The van der Waals surface area contributed by atoms with E-state index in [9.17, 15) is 4.79 Å². The van der Waals surface area contributed by atoms with Crippen molar-refractivity contribution in [3.8, 4) is 0 Å². The molecule has 0 bridgehead atoms. The van der Waals surface area contributed by atoms with Gasteiger partial charge in [-0.15, -0.1) is 0 Å². The minimum absolute atomic E-state index is 0.0989. The molecule has 1 rings (SSSR count). The second-order valence-electron chi connectivity index (χ2n) is 4.42. The molecule has 0 aromatic heterocycles. The SMILES string of the molecule is CCN(C(=O)c1ccc(CCN)cc1)C(C)C. The number of carbonyl (C=O) groups excluding carboxylic acids is 1. The van der Waals surface area contributed by atoms with Gasteiger partial charge in [0, 0.05) is 18.2 Å². The van der Waals surface area contributed by atoms with Gasteiger partial charge in [0.05, 0.1) is 0 Å². The minimum Gasteiger partial charge on any atom is -0.337 e. The van der Waals surface area contributed by atoms with E-state index in [1.165, 1.54) is 5.56 Å². The molecule has 0 heterocycles. The summed E-state index contributed by atoms with van der Waals surface area (Å²) in [4.78, 5) is 14.0. The van der Waals surface area contributed by atoms with Gasteiger partial charge in [-0.05, 0) is 51.4 Å². The van der Waals surface area contributed by atoms with E-state index >= 15 is 0 Å². The van der Waals surface area contributed by atoms with Crippen LogP contribution < -0.4 is 5.73 Å². The number of nitrogens with two attached hydrogens (primary N) is 1. The summed E-state index contributed by atoms with van der Waals surface area (Å²) >= 11 is 0. The Bertz CT molecular complexity index is 357. The second kappa shape index (κ2) is 6.40. The predicted octanol–water partition coefficient (Wildman–Crippen LogP) is 2.06. The Kier molecular flexibility index (Phi) is 5.16. The summed E-state index contributed by atoms with van der Waals surface area (Å²) in [5.41, 5.74) is 7.42. The fraction of sp³-hybridized carbons (Fsp3) is 0.500. The molecule has 0 unspecified atom stereocenters. The summed E-state index contributed by atoms with van der Waals surface area (Å²) < 4.78 is 0. The minimum atomic E-state index is 0.0989. The lowest BCUT2D eigenvalue weighted by Crippen LogP contribution is -2.36. The summed E-state index contributed by atoms with van der Waals surface area (Å²) in [6.45, 7) is 7.44. The Balaban J connectivity index is 2.81. The smallest absolute Gasteiger partial charge is 0.254 e. The van der Waals surface area contributed by atoms with Crippen molar-refractivity contribution in [3.63, 3.8) is 0 Å². The maximum absolute atomic E-state index is 12.2. The van der Waals surface area contributed by atoms with E-state index in [-0.39, 0.29) is 11.9 Å². The van der Waals surface area contributed by atoms with Crippen molar-refractivity contribution < 1.29 is 4.79 Å². The van der Waals surface area contributed by atoms with Crippen molar-refractivity contribution in [2.45, 2.75) is 33.2 Å². The fourth-order valence-corrected chi connectivity index (χ4v) is 1.89. The second-order valence-corrected chi connectivity index (χ2v) is 4.42. The normalized spacial score (nSPS) is 10.6. The van der Waals surface area contributed by atoms with Crippen LogP contribution in [0.15, 0.2) is 24.3 Å². The Hall–Kier alpha value is -1.35. The predicted molar refractivity (Wildman–Crippen MR) is 71.0 cm³/mol. The number of nitrogens with zero attached hydrogens (tertiary/aromatic N) is 1. The van der Waals surface area contributed by atoms with Crippen LogP contribution in [0.2, 0.25) is 0 Å². The first kappa shape index (κ1) is 13.7. The molecular formula is C14H22N2O. The van der Waals surface area contributed by atoms with E-state index in [0.717, 1.165) is 18.5 Å². The van der Waals surface area contributed by atoms with Crippen molar-refractivity contribution >= 4 is 5.91 Å². The fourth-order valence-electron chi connectivity index (χ4n) is 1.89. The lowest BCUT2D eigenvalue weighted by molar-refractivity contribution is 0.0717. The Morgan fingerprint density at radius 2 is 1.88 bits per heavy atom. The molecule has 2 N–H and O–H groups in total. The molecule has 0 aliphatic carbocycles. The van der Waals surface area contributed by atoms with Gasteiger partial charge in [0.25, 0.3) is 5.91 Å². The first-order valence-corrected chi connectivity index (χ1v) is 6.20. The van der Waals surface area contributed by atoms with E-state index in [0.29, 0.717) is 6.54 Å². The van der Waals surface area contributed by atoms with Crippen LogP contribution in [0.4, 0.5) is 0 Å². The van der Waals surface area contributed by atoms with Gasteiger partial charge in [0.1, 0.15) is 0 Å². The average molecular weight is 234 g/mol. The molecule has 0 saturated carbocycles. The molecule has 0 spiro atoms. The van der Waals surface area contributed by atoms with Crippen LogP contribution in [0.25, 0.3) is 0 Å². The van der Waals surface area contributed by atoms with Gasteiger partial charge in [-0.2, -0.15) is 0 Å². The van der Waals surface area contributed by atoms with Gasteiger partial charge < -0.3 is 10.6 Å². The molecule has 3 nitrogen and oxygen atoms in total. The first-order valence-electron chi connectivity index (χ1n) is 6.20. The number of carbonyl (C=O) groups is 1. The summed E-state index contributed by atoms with van der Waals surface area (Å²) in [6.07, 6.45) is 0.857. The van der Waals surface area contributed by atoms with Crippen LogP contribution in [0, 0.1) is 0 Å². The zero-order valence-electron chi connectivity index (χ0n) is 10.9. The zero-order chi connectivity index (χ0) is 12.8. The molecule has 0 atom stereocenters. The summed E-state index contributed by atoms with van der Waals surface area (Å²) in [6, 6.07) is 7.97. The molecule has 94 valence electrons. The standard InChI is InChI=1S/C14H22N2O/c1-4-16(11(2)3)14(17)13-7-5-12(6-8-13)9-10-15/h5-8,11H,4,9-10,15H2,1-3H3. The average Bonchev–Trinajstić information content (AvgIpc) is 2.30. The molecule has 1 aromatic carbocycles. The summed E-state index contributed by atoms with van der Waals surface area (Å²) in [5, 5.41) is 0. The van der Waals surface area contributed by atoms with Crippen LogP contribution in [-0.4, -0.2) is 29.9 Å². The van der Waals surface area contributed by atoms with Crippen LogP contribution in [-0.2, 0) is 6.42 Å². The lowest BCUT2D eigenvalue weighted by atomic mass is 10.1. The van der Waals surface area contributed by atoms with E-state index in [1.807, 2.05) is 49.9 Å². The van der Waals surface area contributed by atoms with E-state index < -0.39 is 0 Å². The highest BCUT2D eigenvalue weighted by atomic mass is 16.2. The number of hydrogen-bond donors (Lipinski definition) is 1. The van der Waals surface area contributed by atoms with Crippen molar-refractivity contribution in [1.82, 2.24) is 4.90 Å². The Labute approximate surface area is 104 Å². The van der Waals surface area contributed by atoms with Crippen LogP contribution in [0.5, 0.6) is 0 Å². The van der Waals surface area contributed by atoms with Gasteiger partial charge >= 0.3 is 0 Å². The van der Waals surface area contributed by atoms with Gasteiger partial charge in [-0.1, -0.05) is 12.1 Å². The van der Waals surface area contributed by atoms with Gasteiger partial charge in [-0.3, -0.25) is 4.79 Å². The highest BCUT2D eigenvalue weighted by Crippen LogP contribution is 2.10. The molecule has 0 aliphatic rings. The zero-order valence-corrected chi connectivity index (χ0v) is 10.9. The van der Waals surface area contributed by atoms with Gasteiger partial charge in [0.15, 0.2) is 0 Å². The maximum atomic E-state index is 12.2. The third kappa shape index (κ3) is 3.56. The lowest BCUT2D eigenvalue weighted by Gasteiger charge is -2.25. The van der Waals surface area contributed by atoms with Crippen LogP contribution in [0.3, 0.4) is 0 Å². The van der Waals surface area contributed by atoms with Crippen molar-refractivity contribution in [2.24, 2.45) is 5.73 Å². The van der Waals surface area contributed by atoms with Crippen LogP contribution in [0.1, 0.15) is 36.7 Å². The highest BCUT2D eigenvalue weighted by Gasteiger charge is 2.16. The third-order valence-electron chi connectivity index (χ3n) is 2.86. The molecule has 0 radical (unpaired) electrons. The maximum Gasteiger partial charge on any atom is 0.254 e. The van der Waals surface area contributed by atoms with Crippen LogP contribution >= 0.6 is 0 Å². The third-order valence-corrected chi connectivity index (χ3v) is 2.86. The Morgan fingerprint density at radius 3 is 2.29 bits per heavy atom. The molecule has 0 aliphatic heterocycles. The largest absolute Gasteiger partial charge is 0.337 e. The van der Waals surface area contributed by atoms with Crippen molar-refractivity contribution in [2.75, 3.05) is 13.1 Å². The van der Waals surface area contributed by atoms with Crippen molar-refractivity contribution in [1.29, 1.82) is 0 Å². The topological polar surface area (TPSA) is 46.3 Å². The summed E-state index contributed by atoms with van der Waals surface area (Å²) in [7, 11) is 0. The van der Waals surface area contributed by atoms with Gasteiger partial charge in [-0.25, -0.2) is 0 Å². The van der Waals surface area contributed by atoms with Gasteiger partial charge in [0.2, 0.25) is 0 Å². The van der Waals surface area contributed by atoms with E-state index in [1.54, 1.807) is 0 Å². The molecule has 1 amide bonds. The quantitative estimate of drug-likeness (QED) is 0.847. The molecule has 0 fully saturated rings. The molecule has 1 aromatic rings. The highest BCUT2D eigenvalue weighted by molar-refractivity contribution is 5.94. The number of hydrogen-bond acceptors (Lipinski definition) is 2. The number of amides is 1. The van der Waals surface area contributed by atoms with E-state index in [4.69, 9.17) is 5.73 Å².